The molecule has 0 bridgehead atoms. The molecule has 0 aliphatic carbocycles. The molecule has 0 unspecified atom stereocenters. The molecule has 0 amide bonds. The van der Waals surface area contributed by atoms with Crippen molar-refractivity contribution in [3.8, 4) is 5.75 Å². The molecule has 1 aromatic rings. The Labute approximate surface area is 87.8 Å². The minimum atomic E-state index is -1.66. The van der Waals surface area contributed by atoms with E-state index < -0.39 is 13.5 Å². The molecule has 1 aromatic carbocycles. The van der Waals surface area contributed by atoms with E-state index in [4.69, 9.17) is 9.68 Å². The molecule has 0 spiro atoms. The first-order valence-corrected chi connectivity index (χ1v) is 4.45. The van der Waals surface area contributed by atoms with Gasteiger partial charge in [0.2, 0.25) is 0 Å². The van der Waals surface area contributed by atoms with Crippen LogP contribution >= 0.6 is 0 Å². The Kier molecular flexibility index (Phi) is 4.50. The second-order valence-corrected chi connectivity index (χ2v) is 2.54. The smallest absolute Gasteiger partial charge is 0.501 e. The minimum Gasteiger partial charge on any atom is -0.501 e. The van der Waals surface area contributed by atoms with Gasteiger partial charge in [0.25, 0.3) is 0 Å². The lowest BCUT2D eigenvalue weighted by Crippen LogP contribution is -2.29. The summed E-state index contributed by atoms with van der Waals surface area (Å²) >= 11 is 0. The largest absolute Gasteiger partial charge is 0.789 e. The number of hydrogen-bond acceptors (Lipinski definition) is 5. The van der Waals surface area contributed by atoms with E-state index in [2.05, 4.69) is 9.39 Å². The lowest BCUT2D eigenvalue weighted by Gasteiger charge is -2.08. The lowest BCUT2D eigenvalue weighted by atomic mass is 10.2. The molecule has 0 heterocycles. The normalized spacial score (nSPS) is 9.20. The molecule has 0 saturated carbocycles. The Morgan fingerprint density at radius 1 is 1.40 bits per heavy atom. The maximum Gasteiger partial charge on any atom is 0.789 e. The van der Waals surface area contributed by atoms with Gasteiger partial charge in [-0.1, -0.05) is 18.2 Å². The zero-order valence-corrected chi connectivity index (χ0v) is 8.25. The van der Waals surface area contributed by atoms with Crippen LogP contribution in [0.25, 0.3) is 0 Å². The molecule has 80 valence electrons. The number of carbonyl (C=O) groups excluding carboxylic acids is 1. The first-order valence-electron chi connectivity index (χ1n) is 4.45. The van der Waals surface area contributed by atoms with E-state index in [1.54, 1.807) is 37.3 Å². The fourth-order valence-corrected chi connectivity index (χ4v) is 0.874. The van der Waals surface area contributed by atoms with E-state index in [-0.39, 0.29) is 6.61 Å². The van der Waals surface area contributed by atoms with Crippen molar-refractivity contribution in [1.29, 1.82) is 0 Å². The molecule has 0 aliphatic heterocycles. The quantitative estimate of drug-likeness (QED) is 0.597. The van der Waals surface area contributed by atoms with Gasteiger partial charge in [-0.05, 0) is 19.1 Å². The number of ether oxygens (including phenoxy) is 1. The van der Waals surface area contributed by atoms with Gasteiger partial charge >= 0.3 is 13.5 Å². The third kappa shape index (κ3) is 4.37. The number of benzene rings is 1. The van der Waals surface area contributed by atoms with Crippen molar-refractivity contribution < 1.29 is 23.9 Å². The summed E-state index contributed by atoms with van der Waals surface area (Å²) in [5.74, 6) is 0.397. The summed E-state index contributed by atoms with van der Waals surface area (Å²) in [4.78, 5) is 10.8. The van der Waals surface area contributed by atoms with E-state index in [9.17, 15) is 4.79 Å². The van der Waals surface area contributed by atoms with E-state index in [1.807, 2.05) is 0 Å². The molecule has 15 heavy (non-hydrogen) atoms. The van der Waals surface area contributed by atoms with Crippen molar-refractivity contribution in [3.63, 3.8) is 0 Å². The first kappa shape index (κ1) is 11.4. The summed E-state index contributed by atoms with van der Waals surface area (Å²) in [5, 5.41) is 9.15. The third-order valence-corrected chi connectivity index (χ3v) is 1.44. The van der Waals surface area contributed by atoms with Gasteiger partial charge in [-0.2, -0.15) is 0 Å². The fourth-order valence-electron chi connectivity index (χ4n) is 0.874. The summed E-state index contributed by atoms with van der Waals surface area (Å²) in [6.45, 7) is 1.81. The molecule has 1 N–H and O–H groups in total. The van der Waals surface area contributed by atoms with Crippen LogP contribution in [0, 0.1) is 0 Å². The van der Waals surface area contributed by atoms with Crippen molar-refractivity contribution in [2.24, 2.45) is 0 Å². The average molecular weight is 210 g/mol. The molecule has 0 atom stereocenters. The highest BCUT2D eigenvalue weighted by Crippen LogP contribution is 2.09. The Balaban J connectivity index is 2.36. The van der Waals surface area contributed by atoms with Gasteiger partial charge in [0.05, 0.1) is 6.61 Å². The average Bonchev–Trinajstić information content (AvgIpc) is 2.19. The van der Waals surface area contributed by atoms with Crippen LogP contribution in [0.5, 0.6) is 5.75 Å². The maximum absolute atomic E-state index is 10.8. The van der Waals surface area contributed by atoms with Crippen molar-refractivity contribution in [2.45, 2.75) is 6.92 Å². The zero-order chi connectivity index (χ0) is 11.1. The number of carbonyl (C=O) groups is 1. The Morgan fingerprint density at radius 2 is 2.07 bits per heavy atom. The van der Waals surface area contributed by atoms with Crippen LogP contribution in [-0.4, -0.2) is 25.1 Å². The summed E-state index contributed by atoms with van der Waals surface area (Å²) in [5.41, 5.74) is 0. The van der Waals surface area contributed by atoms with E-state index >= 15 is 0 Å². The van der Waals surface area contributed by atoms with Gasteiger partial charge in [0, 0.05) is 0 Å². The van der Waals surface area contributed by atoms with Gasteiger partial charge in [-0.15, -0.1) is 0 Å². The Bertz CT molecular complexity index is 303. The molecule has 0 radical (unpaired) electrons. The summed E-state index contributed by atoms with van der Waals surface area (Å²) in [6, 6.07) is 8.50. The Morgan fingerprint density at radius 3 is 2.67 bits per heavy atom. The van der Waals surface area contributed by atoms with Crippen LogP contribution in [0.3, 0.4) is 0 Å². The number of rotatable bonds is 4. The SMILES string of the molecule is CCOC(=O)OB(O)Oc1ccccc1. The second-order valence-electron chi connectivity index (χ2n) is 2.54. The molecule has 0 saturated heterocycles. The van der Waals surface area contributed by atoms with Gasteiger partial charge < -0.3 is 19.1 Å². The molecular weight excluding hydrogens is 199 g/mol. The highest BCUT2D eigenvalue weighted by Gasteiger charge is 2.24. The van der Waals surface area contributed by atoms with E-state index in [1.165, 1.54) is 0 Å². The van der Waals surface area contributed by atoms with Crippen LogP contribution in [0.2, 0.25) is 0 Å². The first-order chi connectivity index (χ1) is 7.22. The zero-order valence-electron chi connectivity index (χ0n) is 8.25. The number of para-hydroxylation sites is 1. The molecule has 0 aromatic heterocycles. The van der Waals surface area contributed by atoms with Gasteiger partial charge in [0.1, 0.15) is 5.75 Å². The highest BCUT2D eigenvalue weighted by molar-refractivity contribution is 6.38. The highest BCUT2D eigenvalue weighted by atomic mass is 16.8. The van der Waals surface area contributed by atoms with Crippen LogP contribution in [0.1, 0.15) is 6.92 Å². The summed E-state index contributed by atoms with van der Waals surface area (Å²) < 4.78 is 13.7. The maximum atomic E-state index is 10.8. The molecule has 1 rings (SSSR count). The van der Waals surface area contributed by atoms with E-state index in [0.29, 0.717) is 5.75 Å². The molecule has 0 aliphatic rings. The van der Waals surface area contributed by atoms with Crippen LogP contribution < -0.4 is 4.65 Å². The third-order valence-electron chi connectivity index (χ3n) is 1.44. The lowest BCUT2D eigenvalue weighted by molar-refractivity contribution is 0.0866. The van der Waals surface area contributed by atoms with Crippen molar-refractivity contribution in [1.82, 2.24) is 0 Å². The van der Waals surface area contributed by atoms with Gasteiger partial charge in [-0.3, -0.25) is 0 Å². The van der Waals surface area contributed by atoms with Crippen molar-refractivity contribution in [3.05, 3.63) is 30.3 Å². The van der Waals surface area contributed by atoms with E-state index in [0.717, 1.165) is 0 Å². The minimum absolute atomic E-state index is 0.177. The molecule has 5 nitrogen and oxygen atoms in total. The van der Waals surface area contributed by atoms with Crippen molar-refractivity contribution in [2.75, 3.05) is 6.61 Å². The van der Waals surface area contributed by atoms with Crippen molar-refractivity contribution >= 4 is 13.5 Å². The second kappa shape index (κ2) is 5.92. The molecular formula is C9H11BO5. The van der Waals surface area contributed by atoms with Gasteiger partial charge in [0.15, 0.2) is 0 Å². The Hall–Kier alpha value is -1.69. The predicted molar refractivity (Wildman–Crippen MR) is 53.1 cm³/mol. The molecule has 0 fully saturated rings. The standard InChI is InChI=1S/C9H11BO5/c1-2-13-9(11)15-10(12)14-8-6-4-3-5-7-8/h3-7,12H,2H2,1H3. The monoisotopic (exact) mass is 210 g/mol. The van der Waals surface area contributed by atoms with Crippen LogP contribution in [0.4, 0.5) is 4.79 Å². The summed E-state index contributed by atoms with van der Waals surface area (Å²) in [7, 11) is -1.66. The number of hydrogen-bond donors (Lipinski definition) is 1. The van der Waals surface area contributed by atoms with Gasteiger partial charge in [-0.25, -0.2) is 4.79 Å². The summed E-state index contributed by atoms with van der Waals surface area (Å²) in [6.07, 6.45) is -0.971. The fraction of sp³-hybridized carbons (Fsp3) is 0.222. The predicted octanol–water partition coefficient (Wildman–Crippen LogP) is 1.22. The van der Waals surface area contributed by atoms with Crippen LogP contribution in [-0.2, 0) is 9.39 Å². The molecule has 6 heteroatoms. The topological polar surface area (TPSA) is 65.0 Å². The van der Waals surface area contributed by atoms with Crippen LogP contribution in [0.15, 0.2) is 30.3 Å².